The molecule has 1 aromatic carbocycles. The summed E-state index contributed by atoms with van der Waals surface area (Å²) in [4.78, 5) is 9.03. The fraction of sp³-hybridized carbons (Fsp3) is 0.455. The fourth-order valence-electron chi connectivity index (χ4n) is 3.30. The molecule has 2 aromatic rings. The van der Waals surface area contributed by atoms with Gasteiger partial charge >= 0.3 is 0 Å². The van der Waals surface area contributed by atoms with Crippen LogP contribution in [0.2, 0.25) is 0 Å². The van der Waals surface area contributed by atoms with Crippen molar-refractivity contribution in [3.8, 4) is 5.75 Å². The molecule has 1 aliphatic rings. The first-order chi connectivity index (χ1) is 13.8. The molecule has 158 valence electrons. The van der Waals surface area contributed by atoms with Crippen LogP contribution in [0.1, 0.15) is 37.4 Å². The summed E-state index contributed by atoms with van der Waals surface area (Å²) < 4.78 is 5.80. The number of nitrogens with one attached hydrogen (secondary N) is 2. The molecule has 1 aliphatic carbocycles. The number of nitrogens with zero attached hydrogens (tertiary/aromatic N) is 2. The third-order valence-electron chi connectivity index (χ3n) is 4.86. The van der Waals surface area contributed by atoms with Gasteiger partial charge in [0, 0.05) is 24.0 Å². The average molecular weight is 526 g/mol. The van der Waals surface area contributed by atoms with Gasteiger partial charge in [-0.15, -0.1) is 24.0 Å². The number of benzene rings is 1. The smallest absolute Gasteiger partial charge is 0.191 e. The first kappa shape index (κ1) is 23.8. The molecule has 0 radical (unpaired) electrons. The van der Waals surface area contributed by atoms with Gasteiger partial charge in [0.05, 0.1) is 12.2 Å². The molecule has 0 aliphatic heterocycles. The molecule has 0 spiro atoms. The zero-order valence-electron chi connectivity index (χ0n) is 17.1. The molecule has 3 rings (SSSR count). The van der Waals surface area contributed by atoms with E-state index in [2.05, 4.69) is 40.9 Å². The number of aromatic nitrogens is 1. The van der Waals surface area contributed by atoms with Crippen molar-refractivity contribution < 1.29 is 4.74 Å². The average Bonchev–Trinajstić information content (AvgIpc) is 3.20. The van der Waals surface area contributed by atoms with Crippen molar-refractivity contribution in [2.75, 3.05) is 12.8 Å². The summed E-state index contributed by atoms with van der Waals surface area (Å²) in [6.45, 7) is 4.09. The Balaban J connectivity index is 0.00000300. The van der Waals surface area contributed by atoms with Gasteiger partial charge in [0.25, 0.3) is 0 Å². The van der Waals surface area contributed by atoms with E-state index in [1.54, 1.807) is 6.20 Å². The molecule has 2 unspecified atom stereocenters. The van der Waals surface area contributed by atoms with E-state index in [-0.39, 0.29) is 24.0 Å². The van der Waals surface area contributed by atoms with Crippen molar-refractivity contribution in [2.24, 2.45) is 4.99 Å². The van der Waals surface area contributed by atoms with Crippen molar-refractivity contribution >= 4 is 41.7 Å². The third kappa shape index (κ3) is 8.04. The minimum Gasteiger partial charge on any atom is -0.487 e. The van der Waals surface area contributed by atoms with Crippen LogP contribution in [0.5, 0.6) is 5.75 Å². The minimum atomic E-state index is 0. The third-order valence-corrected chi connectivity index (χ3v) is 5.95. The number of aliphatic imine (C=N–C) groups is 1. The van der Waals surface area contributed by atoms with Gasteiger partial charge in [-0.2, -0.15) is 11.8 Å². The highest BCUT2D eigenvalue weighted by atomic mass is 127. The molecule has 0 saturated heterocycles. The lowest BCUT2D eigenvalue weighted by molar-refractivity contribution is 0.301. The minimum absolute atomic E-state index is 0. The van der Waals surface area contributed by atoms with Gasteiger partial charge in [0.1, 0.15) is 12.4 Å². The number of pyridine rings is 1. The Morgan fingerprint density at radius 1 is 1.21 bits per heavy atom. The van der Waals surface area contributed by atoms with Crippen LogP contribution in [-0.2, 0) is 13.2 Å². The van der Waals surface area contributed by atoms with Gasteiger partial charge in [-0.05, 0) is 62.3 Å². The van der Waals surface area contributed by atoms with E-state index in [1.807, 2.05) is 42.1 Å². The summed E-state index contributed by atoms with van der Waals surface area (Å²) in [5.74, 6) is 1.75. The van der Waals surface area contributed by atoms with Gasteiger partial charge < -0.3 is 15.4 Å². The molecule has 1 fully saturated rings. The standard InChI is InChI=1S/C22H30N4OS.HI/c1-3-23-22(26-18-9-12-21(14-18)28-2)25-15-17-7-10-20(11-8-17)27-16-19-6-4-5-13-24-19;/h4-8,10-11,13,18,21H,3,9,12,14-16H2,1-2H3,(H2,23,25,26);1H. The van der Waals surface area contributed by atoms with Crippen LogP contribution in [0, 0.1) is 0 Å². The summed E-state index contributed by atoms with van der Waals surface area (Å²) >= 11 is 1.97. The molecular formula is C22H31IN4OS. The number of hydrogen-bond donors (Lipinski definition) is 2. The first-order valence-electron chi connectivity index (χ1n) is 9.96. The van der Waals surface area contributed by atoms with E-state index in [0.717, 1.165) is 34.8 Å². The van der Waals surface area contributed by atoms with Crippen LogP contribution in [0.15, 0.2) is 53.7 Å². The second-order valence-corrected chi connectivity index (χ2v) is 8.10. The maximum Gasteiger partial charge on any atom is 0.191 e. The van der Waals surface area contributed by atoms with Gasteiger partial charge in [-0.25, -0.2) is 4.99 Å². The molecule has 7 heteroatoms. The Bertz CT molecular complexity index is 742. The van der Waals surface area contributed by atoms with E-state index in [0.29, 0.717) is 19.2 Å². The molecule has 1 aromatic heterocycles. The monoisotopic (exact) mass is 526 g/mol. The van der Waals surface area contributed by atoms with E-state index >= 15 is 0 Å². The van der Waals surface area contributed by atoms with E-state index in [1.165, 1.54) is 19.3 Å². The van der Waals surface area contributed by atoms with Crippen molar-refractivity contribution in [2.45, 2.75) is 50.6 Å². The van der Waals surface area contributed by atoms with E-state index in [4.69, 9.17) is 9.73 Å². The normalized spacial score (nSPS) is 18.8. The molecule has 1 heterocycles. The Hall–Kier alpha value is -1.48. The SMILES string of the molecule is CCNC(=NCc1ccc(OCc2ccccn2)cc1)NC1CCC(SC)C1.I. The first-order valence-corrected chi connectivity index (χ1v) is 11.2. The Kier molecular flexibility index (Phi) is 10.6. The zero-order chi connectivity index (χ0) is 19.6. The molecular weight excluding hydrogens is 495 g/mol. The molecule has 0 amide bonds. The second kappa shape index (κ2) is 13.0. The van der Waals surface area contributed by atoms with Crippen LogP contribution in [0.3, 0.4) is 0 Å². The van der Waals surface area contributed by atoms with Crippen LogP contribution in [-0.4, -0.2) is 35.0 Å². The maximum absolute atomic E-state index is 5.80. The highest BCUT2D eigenvalue weighted by Crippen LogP contribution is 2.28. The van der Waals surface area contributed by atoms with Gasteiger partial charge in [0.2, 0.25) is 0 Å². The number of ether oxygens (including phenoxy) is 1. The lowest BCUT2D eigenvalue weighted by Crippen LogP contribution is -2.42. The molecule has 0 bridgehead atoms. The summed E-state index contributed by atoms with van der Waals surface area (Å²) in [5.41, 5.74) is 2.09. The van der Waals surface area contributed by atoms with Crippen LogP contribution >= 0.6 is 35.7 Å². The van der Waals surface area contributed by atoms with Gasteiger partial charge in [-0.1, -0.05) is 18.2 Å². The summed E-state index contributed by atoms with van der Waals surface area (Å²) in [6, 6.07) is 14.5. The van der Waals surface area contributed by atoms with Gasteiger partial charge in [0.15, 0.2) is 5.96 Å². The summed E-state index contributed by atoms with van der Waals surface area (Å²) in [7, 11) is 0. The second-order valence-electron chi connectivity index (χ2n) is 6.96. The topological polar surface area (TPSA) is 58.5 Å². The molecule has 5 nitrogen and oxygen atoms in total. The number of thioether (sulfide) groups is 1. The van der Waals surface area contributed by atoms with E-state index in [9.17, 15) is 0 Å². The highest BCUT2D eigenvalue weighted by molar-refractivity contribution is 14.0. The lowest BCUT2D eigenvalue weighted by atomic mass is 10.2. The number of rotatable bonds is 8. The largest absolute Gasteiger partial charge is 0.487 e. The van der Waals surface area contributed by atoms with Crippen molar-refractivity contribution in [1.29, 1.82) is 0 Å². The molecule has 29 heavy (non-hydrogen) atoms. The Morgan fingerprint density at radius 2 is 2.03 bits per heavy atom. The molecule has 2 atom stereocenters. The van der Waals surface area contributed by atoms with Crippen molar-refractivity contribution in [1.82, 2.24) is 15.6 Å². The number of hydrogen-bond acceptors (Lipinski definition) is 4. The fourth-order valence-corrected chi connectivity index (χ4v) is 4.10. The predicted octanol–water partition coefficient (Wildman–Crippen LogP) is 4.62. The molecule has 2 N–H and O–H groups in total. The van der Waals surface area contributed by atoms with E-state index < -0.39 is 0 Å². The van der Waals surface area contributed by atoms with Crippen LogP contribution in [0.4, 0.5) is 0 Å². The van der Waals surface area contributed by atoms with Crippen molar-refractivity contribution in [3.63, 3.8) is 0 Å². The quantitative estimate of drug-likeness (QED) is 0.299. The predicted molar refractivity (Wildman–Crippen MR) is 133 cm³/mol. The Labute approximate surface area is 195 Å². The van der Waals surface area contributed by atoms with Crippen LogP contribution < -0.4 is 15.4 Å². The van der Waals surface area contributed by atoms with Gasteiger partial charge in [-0.3, -0.25) is 4.98 Å². The number of guanidine groups is 1. The van der Waals surface area contributed by atoms with Crippen LogP contribution in [0.25, 0.3) is 0 Å². The summed E-state index contributed by atoms with van der Waals surface area (Å²) in [5, 5.41) is 7.73. The lowest BCUT2D eigenvalue weighted by Gasteiger charge is -2.17. The molecule has 1 saturated carbocycles. The Morgan fingerprint density at radius 3 is 2.69 bits per heavy atom. The van der Waals surface area contributed by atoms with Crippen molar-refractivity contribution in [3.05, 3.63) is 59.9 Å². The summed E-state index contributed by atoms with van der Waals surface area (Å²) in [6.07, 6.45) is 7.71. The maximum atomic E-state index is 5.80. The highest BCUT2D eigenvalue weighted by Gasteiger charge is 2.24. The number of halogens is 1. The zero-order valence-corrected chi connectivity index (χ0v) is 20.3.